The Morgan fingerprint density at radius 1 is 1.00 bits per heavy atom. The van der Waals surface area contributed by atoms with E-state index in [4.69, 9.17) is 16.3 Å². The Hall–Kier alpha value is -1.51. The lowest BCUT2D eigenvalue weighted by molar-refractivity contribution is 0.105. The second-order valence-electron chi connectivity index (χ2n) is 4.30. The van der Waals surface area contributed by atoms with E-state index in [0.29, 0.717) is 12.3 Å². The maximum atomic E-state index is 9.66. The van der Waals surface area contributed by atoms with Gasteiger partial charge in [-0.3, -0.25) is 0 Å². The summed E-state index contributed by atoms with van der Waals surface area (Å²) in [7, 11) is 0. The van der Waals surface area contributed by atoms with Crippen LogP contribution in [0.4, 0.5) is 0 Å². The van der Waals surface area contributed by atoms with Crippen LogP contribution in [0.1, 0.15) is 6.42 Å². The predicted molar refractivity (Wildman–Crippen MR) is 78.7 cm³/mol. The van der Waals surface area contributed by atoms with Gasteiger partial charge in [0.05, 0.1) is 6.10 Å². The number of benzene rings is 2. The van der Waals surface area contributed by atoms with Crippen LogP contribution in [0.3, 0.4) is 0 Å². The highest BCUT2D eigenvalue weighted by Gasteiger charge is 2.08. The molecule has 0 bridgehead atoms. The van der Waals surface area contributed by atoms with Gasteiger partial charge in [-0.2, -0.15) is 0 Å². The minimum atomic E-state index is -0.527. The number of aliphatic hydroxyl groups is 1. The van der Waals surface area contributed by atoms with Crippen LogP contribution in [0.15, 0.2) is 54.6 Å². The third kappa shape index (κ3) is 3.98. The second kappa shape index (κ2) is 7.17. The fraction of sp³-hybridized carbons (Fsp3) is 0.250. The Morgan fingerprint density at radius 2 is 1.68 bits per heavy atom. The van der Waals surface area contributed by atoms with Crippen molar-refractivity contribution in [1.82, 2.24) is 0 Å². The van der Waals surface area contributed by atoms with Crippen LogP contribution >= 0.6 is 11.6 Å². The van der Waals surface area contributed by atoms with Crippen molar-refractivity contribution in [2.75, 3.05) is 12.5 Å². The van der Waals surface area contributed by atoms with Gasteiger partial charge in [-0.05, 0) is 18.1 Å². The molecule has 0 saturated heterocycles. The fourth-order valence-corrected chi connectivity index (χ4v) is 2.10. The van der Waals surface area contributed by atoms with Crippen molar-refractivity contribution in [2.24, 2.45) is 0 Å². The van der Waals surface area contributed by atoms with Gasteiger partial charge < -0.3 is 9.84 Å². The van der Waals surface area contributed by atoms with E-state index in [-0.39, 0.29) is 6.61 Å². The van der Waals surface area contributed by atoms with Gasteiger partial charge in [-0.25, -0.2) is 0 Å². The smallest absolute Gasteiger partial charge is 0.127 e. The summed E-state index contributed by atoms with van der Waals surface area (Å²) in [6, 6.07) is 17.9. The predicted octanol–water partition coefficient (Wildman–Crippen LogP) is 3.72. The number of ether oxygens (including phenoxy) is 1. The summed E-state index contributed by atoms with van der Waals surface area (Å²) in [6.45, 7) is 0.260. The zero-order valence-corrected chi connectivity index (χ0v) is 11.4. The minimum Gasteiger partial charge on any atom is -0.490 e. The molecule has 3 heteroatoms. The minimum absolute atomic E-state index is 0.260. The van der Waals surface area contributed by atoms with E-state index in [9.17, 15) is 5.11 Å². The van der Waals surface area contributed by atoms with Gasteiger partial charge in [0.25, 0.3) is 0 Å². The van der Waals surface area contributed by atoms with E-state index in [2.05, 4.69) is 0 Å². The highest BCUT2D eigenvalue weighted by molar-refractivity contribution is 6.17. The Bertz CT molecular complexity index is 499. The molecule has 2 aromatic carbocycles. The van der Waals surface area contributed by atoms with Crippen LogP contribution in [0.5, 0.6) is 5.75 Å². The first kappa shape index (κ1) is 13.9. The van der Waals surface area contributed by atoms with Crippen molar-refractivity contribution in [1.29, 1.82) is 0 Å². The standard InChI is InChI=1S/C16H17ClO2/c17-11-10-14(18)12-19-16-9-5-4-8-15(16)13-6-2-1-3-7-13/h1-9,14,18H,10-12H2. The Balaban J connectivity index is 2.13. The van der Waals surface area contributed by atoms with E-state index in [1.165, 1.54) is 0 Å². The molecule has 0 saturated carbocycles. The highest BCUT2D eigenvalue weighted by Crippen LogP contribution is 2.29. The SMILES string of the molecule is OC(CCCl)COc1ccccc1-c1ccccc1. The normalized spacial score (nSPS) is 12.1. The van der Waals surface area contributed by atoms with Gasteiger partial charge in [0, 0.05) is 11.4 Å². The van der Waals surface area contributed by atoms with Crippen molar-refractivity contribution in [3.63, 3.8) is 0 Å². The molecule has 0 aromatic heterocycles. The van der Waals surface area contributed by atoms with Crippen molar-refractivity contribution < 1.29 is 9.84 Å². The summed E-state index contributed by atoms with van der Waals surface area (Å²) < 4.78 is 5.70. The summed E-state index contributed by atoms with van der Waals surface area (Å²) in [6.07, 6.45) is 0.0102. The van der Waals surface area contributed by atoms with Crippen LogP contribution in [0, 0.1) is 0 Å². The van der Waals surface area contributed by atoms with Crippen molar-refractivity contribution in [3.8, 4) is 16.9 Å². The first-order valence-electron chi connectivity index (χ1n) is 6.32. The summed E-state index contributed by atoms with van der Waals surface area (Å²) in [5, 5.41) is 9.66. The Kier molecular flexibility index (Phi) is 5.25. The maximum Gasteiger partial charge on any atom is 0.127 e. The topological polar surface area (TPSA) is 29.5 Å². The number of rotatable bonds is 6. The average Bonchev–Trinajstić information content (AvgIpc) is 2.47. The molecular weight excluding hydrogens is 260 g/mol. The van der Waals surface area contributed by atoms with Gasteiger partial charge in [0.15, 0.2) is 0 Å². The van der Waals surface area contributed by atoms with E-state index >= 15 is 0 Å². The molecule has 100 valence electrons. The Morgan fingerprint density at radius 3 is 2.42 bits per heavy atom. The summed E-state index contributed by atoms with van der Waals surface area (Å²) in [5.74, 6) is 1.22. The molecule has 0 aliphatic heterocycles. The number of alkyl halides is 1. The van der Waals surface area contributed by atoms with Crippen molar-refractivity contribution >= 4 is 11.6 Å². The number of hydrogen-bond acceptors (Lipinski definition) is 2. The number of hydrogen-bond donors (Lipinski definition) is 1. The molecule has 0 aliphatic rings. The largest absolute Gasteiger partial charge is 0.490 e. The van der Waals surface area contributed by atoms with E-state index in [1.54, 1.807) is 0 Å². The van der Waals surface area contributed by atoms with Crippen molar-refractivity contribution in [3.05, 3.63) is 54.6 Å². The molecule has 2 aromatic rings. The summed E-state index contributed by atoms with van der Waals surface area (Å²) in [5.41, 5.74) is 2.13. The zero-order chi connectivity index (χ0) is 13.5. The Labute approximate surface area is 118 Å². The molecule has 0 fully saturated rings. The molecule has 2 nitrogen and oxygen atoms in total. The monoisotopic (exact) mass is 276 g/mol. The molecule has 0 spiro atoms. The second-order valence-corrected chi connectivity index (χ2v) is 4.68. The number of aliphatic hydroxyl groups excluding tert-OH is 1. The van der Waals surface area contributed by atoms with Gasteiger partial charge in [0.2, 0.25) is 0 Å². The van der Waals surface area contributed by atoms with Crippen LogP contribution < -0.4 is 4.74 Å². The van der Waals surface area contributed by atoms with Gasteiger partial charge in [-0.1, -0.05) is 48.5 Å². The summed E-state index contributed by atoms with van der Waals surface area (Å²) >= 11 is 5.59. The molecule has 0 heterocycles. The first-order valence-corrected chi connectivity index (χ1v) is 6.86. The highest BCUT2D eigenvalue weighted by atomic mass is 35.5. The lowest BCUT2D eigenvalue weighted by Gasteiger charge is -2.14. The van der Waals surface area contributed by atoms with Crippen LogP contribution in [0.25, 0.3) is 11.1 Å². The lowest BCUT2D eigenvalue weighted by Crippen LogP contribution is -2.18. The van der Waals surface area contributed by atoms with E-state index < -0.39 is 6.10 Å². The fourth-order valence-electron chi connectivity index (χ4n) is 1.84. The quantitative estimate of drug-likeness (QED) is 0.815. The van der Waals surface area contributed by atoms with Gasteiger partial charge in [-0.15, -0.1) is 11.6 Å². The number of halogens is 1. The molecule has 19 heavy (non-hydrogen) atoms. The molecule has 1 atom stereocenters. The molecule has 1 N–H and O–H groups in total. The zero-order valence-electron chi connectivity index (χ0n) is 10.6. The van der Waals surface area contributed by atoms with Crippen LogP contribution in [-0.2, 0) is 0 Å². The molecular formula is C16H17ClO2. The maximum absolute atomic E-state index is 9.66. The molecule has 1 unspecified atom stereocenters. The molecule has 0 radical (unpaired) electrons. The molecule has 2 rings (SSSR count). The molecule has 0 amide bonds. The third-order valence-corrected chi connectivity index (χ3v) is 3.06. The van der Waals surface area contributed by atoms with Gasteiger partial charge in [0.1, 0.15) is 12.4 Å². The van der Waals surface area contributed by atoms with E-state index in [1.807, 2.05) is 54.6 Å². The summed E-state index contributed by atoms with van der Waals surface area (Å²) in [4.78, 5) is 0. The number of para-hydroxylation sites is 1. The lowest BCUT2D eigenvalue weighted by atomic mass is 10.1. The third-order valence-electron chi connectivity index (χ3n) is 2.85. The van der Waals surface area contributed by atoms with Crippen LogP contribution in [-0.4, -0.2) is 23.7 Å². The first-order chi connectivity index (χ1) is 9.31. The average molecular weight is 277 g/mol. The van der Waals surface area contributed by atoms with Crippen LogP contribution in [0.2, 0.25) is 0 Å². The molecule has 0 aliphatic carbocycles. The van der Waals surface area contributed by atoms with Gasteiger partial charge >= 0.3 is 0 Å². The van der Waals surface area contributed by atoms with E-state index in [0.717, 1.165) is 16.9 Å². The van der Waals surface area contributed by atoms with Crippen molar-refractivity contribution in [2.45, 2.75) is 12.5 Å².